The van der Waals surface area contributed by atoms with Gasteiger partial charge in [0.2, 0.25) is 5.95 Å². The van der Waals surface area contributed by atoms with Crippen LogP contribution >= 0.6 is 0 Å². The third-order valence-electron chi connectivity index (χ3n) is 3.38. The van der Waals surface area contributed by atoms with Crippen molar-refractivity contribution in [2.75, 3.05) is 5.73 Å². The van der Waals surface area contributed by atoms with Gasteiger partial charge < -0.3 is 11.1 Å². The van der Waals surface area contributed by atoms with E-state index in [1.165, 1.54) is 12.1 Å². The number of carbonyl (C=O) groups is 1. The van der Waals surface area contributed by atoms with Crippen molar-refractivity contribution in [3.8, 4) is 0 Å². The molecule has 0 spiro atoms. The van der Waals surface area contributed by atoms with Gasteiger partial charge in [-0.25, -0.2) is 14.4 Å². The number of nitrogens with one attached hydrogen (secondary N) is 1. The molecule has 0 saturated carbocycles. The number of hydrogen-bond acceptors (Lipinski definition) is 4. The average molecular weight is 272 g/mol. The van der Waals surface area contributed by atoms with Gasteiger partial charge in [-0.15, -0.1) is 0 Å². The van der Waals surface area contributed by atoms with Crippen LogP contribution in [0.25, 0.3) is 0 Å². The quantitative estimate of drug-likeness (QED) is 0.825. The molecule has 0 bridgehead atoms. The lowest BCUT2D eigenvalue weighted by Crippen LogP contribution is -2.37. The maximum atomic E-state index is 13.0. The van der Waals surface area contributed by atoms with Crippen molar-refractivity contribution in [3.05, 3.63) is 52.6 Å². The Labute approximate surface area is 115 Å². The standard InChI is InChI=1S/C14H13FN4O/c1-7-12-11(19-14(16)17-7)6-10(18-13(12)20)8-2-4-9(15)5-3-8/h2-5,10H,6H2,1H3,(H,18,20)(H2,16,17,19). The fraction of sp³-hybridized carbons (Fsp3) is 0.214. The molecule has 20 heavy (non-hydrogen) atoms. The van der Waals surface area contributed by atoms with E-state index < -0.39 is 0 Å². The van der Waals surface area contributed by atoms with Gasteiger partial charge in [-0.1, -0.05) is 12.1 Å². The second kappa shape index (κ2) is 4.56. The van der Waals surface area contributed by atoms with Crippen LogP contribution in [0.1, 0.15) is 33.4 Å². The van der Waals surface area contributed by atoms with E-state index in [4.69, 9.17) is 5.73 Å². The highest BCUT2D eigenvalue weighted by atomic mass is 19.1. The third-order valence-corrected chi connectivity index (χ3v) is 3.38. The SMILES string of the molecule is Cc1nc(N)nc2c1C(=O)NC(c1ccc(F)cc1)C2. The summed E-state index contributed by atoms with van der Waals surface area (Å²) in [5.41, 5.74) is 8.15. The number of amides is 1. The summed E-state index contributed by atoms with van der Waals surface area (Å²) in [5.74, 6) is -0.370. The van der Waals surface area contributed by atoms with Gasteiger partial charge in [0.25, 0.3) is 5.91 Å². The van der Waals surface area contributed by atoms with Crippen molar-refractivity contribution in [1.82, 2.24) is 15.3 Å². The number of hydrogen-bond donors (Lipinski definition) is 2. The molecule has 1 amide bonds. The van der Waals surface area contributed by atoms with E-state index in [2.05, 4.69) is 15.3 Å². The molecule has 2 heterocycles. The van der Waals surface area contributed by atoms with Crippen LogP contribution in [-0.2, 0) is 6.42 Å². The van der Waals surface area contributed by atoms with E-state index in [0.29, 0.717) is 23.4 Å². The molecule has 6 heteroatoms. The molecule has 1 unspecified atom stereocenters. The summed E-state index contributed by atoms with van der Waals surface area (Å²) >= 11 is 0. The minimum absolute atomic E-state index is 0.161. The maximum absolute atomic E-state index is 13.0. The van der Waals surface area contributed by atoms with Crippen molar-refractivity contribution >= 4 is 11.9 Å². The van der Waals surface area contributed by atoms with Crippen molar-refractivity contribution in [2.45, 2.75) is 19.4 Å². The number of nitrogens with zero attached hydrogens (tertiary/aromatic N) is 2. The summed E-state index contributed by atoms with van der Waals surface area (Å²) in [4.78, 5) is 20.3. The van der Waals surface area contributed by atoms with Crippen molar-refractivity contribution in [1.29, 1.82) is 0 Å². The summed E-state index contributed by atoms with van der Waals surface area (Å²) < 4.78 is 13.0. The second-order valence-corrected chi connectivity index (χ2v) is 4.77. The smallest absolute Gasteiger partial charge is 0.255 e. The van der Waals surface area contributed by atoms with Gasteiger partial charge in [0.15, 0.2) is 0 Å². The van der Waals surface area contributed by atoms with Crippen molar-refractivity contribution in [2.24, 2.45) is 0 Å². The zero-order chi connectivity index (χ0) is 14.3. The van der Waals surface area contributed by atoms with Crippen LogP contribution in [-0.4, -0.2) is 15.9 Å². The summed E-state index contributed by atoms with van der Waals surface area (Å²) in [5, 5.41) is 2.89. The fourth-order valence-electron chi connectivity index (χ4n) is 2.47. The number of aryl methyl sites for hydroxylation is 1. The first-order chi connectivity index (χ1) is 9.54. The summed E-state index contributed by atoms with van der Waals surface area (Å²) in [6, 6.07) is 5.82. The number of anilines is 1. The first-order valence-corrected chi connectivity index (χ1v) is 6.24. The van der Waals surface area contributed by atoms with E-state index in [-0.39, 0.29) is 23.7 Å². The third kappa shape index (κ3) is 2.09. The highest BCUT2D eigenvalue weighted by Gasteiger charge is 2.28. The summed E-state index contributed by atoms with van der Waals surface area (Å²) in [6.07, 6.45) is 0.514. The van der Waals surface area contributed by atoms with Gasteiger partial charge in [-0.05, 0) is 24.6 Å². The van der Waals surface area contributed by atoms with E-state index in [9.17, 15) is 9.18 Å². The molecule has 2 aromatic rings. The molecular formula is C14H13FN4O. The Morgan fingerprint density at radius 3 is 2.70 bits per heavy atom. The lowest BCUT2D eigenvalue weighted by atomic mass is 9.94. The maximum Gasteiger partial charge on any atom is 0.255 e. The minimum atomic E-state index is -0.307. The molecule has 3 N–H and O–H groups in total. The average Bonchev–Trinajstić information content (AvgIpc) is 2.38. The zero-order valence-corrected chi connectivity index (χ0v) is 10.9. The van der Waals surface area contributed by atoms with Crippen molar-refractivity contribution in [3.63, 3.8) is 0 Å². The number of carbonyl (C=O) groups excluding carboxylic acids is 1. The minimum Gasteiger partial charge on any atom is -0.368 e. The van der Waals surface area contributed by atoms with Gasteiger partial charge >= 0.3 is 0 Å². The molecule has 0 saturated heterocycles. The van der Waals surface area contributed by atoms with Crippen LogP contribution in [0.15, 0.2) is 24.3 Å². The highest BCUT2D eigenvalue weighted by molar-refractivity contribution is 5.97. The van der Waals surface area contributed by atoms with Gasteiger partial charge in [0, 0.05) is 6.42 Å². The first kappa shape index (κ1) is 12.5. The van der Waals surface area contributed by atoms with E-state index in [1.54, 1.807) is 19.1 Å². The summed E-state index contributed by atoms with van der Waals surface area (Å²) in [7, 11) is 0. The number of halogens is 1. The van der Waals surface area contributed by atoms with Gasteiger partial charge in [0.1, 0.15) is 5.82 Å². The second-order valence-electron chi connectivity index (χ2n) is 4.77. The van der Waals surface area contributed by atoms with Crippen LogP contribution in [0.5, 0.6) is 0 Å². The Morgan fingerprint density at radius 2 is 2.00 bits per heavy atom. The Balaban J connectivity index is 2.00. The largest absolute Gasteiger partial charge is 0.368 e. The van der Waals surface area contributed by atoms with Crippen molar-refractivity contribution < 1.29 is 9.18 Å². The number of nitrogens with two attached hydrogens (primary N) is 1. The predicted octanol–water partition coefficient (Wildman–Crippen LogP) is 1.53. The Bertz CT molecular complexity index is 684. The van der Waals surface area contributed by atoms with E-state index >= 15 is 0 Å². The molecule has 1 aromatic heterocycles. The van der Waals surface area contributed by atoms with Gasteiger partial charge in [-0.3, -0.25) is 4.79 Å². The molecule has 1 aliphatic heterocycles. The number of nitrogen functional groups attached to an aromatic ring is 1. The zero-order valence-electron chi connectivity index (χ0n) is 10.9. The lowest BCUT2D eigenvalue weighted by molar-refractivity contribution is 0.0922. The monoisotopic (exact) mass is 272 g/mol. The fourth-order valence-corrected chi connectivity index (χ4v) is 2.47. The molecule has 5 nitrogen and oxygen atoms in total. The first-order valence-electron chi connectivity index (χ1n) is 6.24. The van der Waals surface area contributed by atoms with Gasteiger partial charge in [0.05, 0.1) is 23.0 Å². The normalized spacial score (nSPS) is 17.5. The van der Waals surface area contributed by atoms with E-state index in [0.717, 1.165) is 5.56 Å². The molecular weight excluding hydrogens is 259 g/mol. The number of aromatic nitrogens is 2. The predicted molar refractivity (Wildman–Crippen MR) is 71.5 cm³/mol. The summed E-state index contributed by atoms with van der Waals surface area (Å²) in [6.45, 7) is 1.73. The molecule has 1 aromatic carbocycles. The molecule has 0 radical (unpaired) electrons. The highest BCUT2D eigenvalue weighted by Crippen LogP contribution is 2.26. The molecule has 1 aliphatic rings. The molecule has 102 valence electrons. The topological polar surface area (TPSA) is 80.9 Å². The Hall–Kier alpha value is -2.50. The Kier molecular flexibility index (Phi) is 2.85. The van der Waals surface area contributed by atoms with Crippen LogP contribution in [0.3, 0.4) is 0 Å². The Morgan fingerprint density at radius 1 is 1.30 bits per heavy atom. The number of rotatable bonds is 1. The van der Waals surface area contributed by atoms with E-state index in [1.807, 2.05) is 0 Å². The number of benzene rings is 1. The molecule has 0 fully saturated rings. The van der Waals surface area contributed by atoms with Crippen LogP contribution in [0.4, 0.5) is 10.3 Å². The van der Waals surface area contributed by atoms with Crippen LogP contribution < -0.4 is 11.1 Å². The molecule has 3 rings (SSSR count). The van der Waals surface area contributed by atoms with Crippen LogP contribution in [0, 0.1) is 12.7 Å². The van der Waals surface area contributed by atoms with Crippen LogP contribution in [0.2, 0.25) is 0 Å². The molecule has 0 aliphatic carbocycles. The number of fused-ring (bicyclic) bond motifs is 1. The van der Waals surface area contributed by atoms with Gasteiger partial charge in [-0.2, -0.15) is 0 Å². The molecule has 1 atom stereocenters. The lowest BCUT2D eigenvalue weighted by Gasteiger charge is -2.26.